The molecule has 7 heteroatoms. The van der Waals surface area contributed by atoms with Crippen LogP contribution >= 0.6 is 27.5 Å². The van der Waals surface area contributed by atoms with E-state index in [4.69, 9.17) is 11.6 Å². The van der Waals surface area contributed by atoms with Gasteiger partial charge in [0.2, 0.25) is 0 Å². The lowest BCUT2D eigenvalue weighted by molar-refractivity contribution is 0.0936. The fraction of sp³-hybridized carbons (Fsp3) is 0.412. The highest BCUT2D eigenvalue weighted by Crippen LogP contribution is 2.27. The molecule has 0 aliphatic rings. The van der Waals surface area contributed by atoms with Gasteiger partial charge in [-0.05, 0) is 47.6 Å². The van der Waals surface area contributed by atoms with Gasteiger partial charge in [-0.15, -0.1) is 0 Å². The topological polar surface area (TPSA) is 61.0 Å². The van der Waals surface area contributed by atoms with Gasteiger partial charge in [-0.25, -0.2) is 0 Å². The zero-order valence-electron chi connectivity index (χ0n) is 14.2. The minimum Gasteiger partial charge on any atom is -0.349 e. The molecular weight excluding hydrogens is 392 g/mol. The molecule has 0 aliphatic heterocycles. The Balaban J connectivity index is 2.13. The summed E-state index contributed by atoms with van der Waals surface area (Å²) in [5.74, 6) is 0.0370. The van der Waals surface area contributed by atoms with Crippen molar-refractivity contribution in [1.82, 2.24) is 20.4 Å². The molecular formula is C17H22BrClN4O. The largest absolute Gasteiger partial charge is 0.349 e. The van der Waals surface area contributed by atoms with E-state index in [1.807, 2.05) is 57.1 Å². The van der Waals surface area contributed by atoms with Gasteiger partial charge in [0.1, 0.15) is 0 Å². The molecule has 2 rings (SSSR count). The summed E-state index contributed by atoms with van der Waals surface area (Å²) in [5.41, 5.74) is 2.26. The average Bonchev–Trinajstić information content (AvgIpc) is 2.90. The fourth-order valence-corrected chi connectivity index (χ4v) is 3.54. The summed E-state index contributed by atoms with van der Waals surface area (Å²) in [4.78, 5) is 14.5. The van der Waals surface area contributed by atoms with Gasteiger partial charge in [0.05, 0.1) is 16.2 Å². The van der Waals surface area contributed by atoms with Gasteiger partial charge < -0.3 is 10.2 Å². The van der Waals surface area contributed by atoms with E-state index < -0.39 is 0 Å². The smallest absolute Gasteiger partial charge is 0.273 e. The SMILES string of the molecule is CC(C)c1[nH]nc(C(=O)NCC(c2ccccc2Cl)N(C)C)c1Br. The van der Waals surface area contributed by atoms with Crippen LogP contribution < -0.4 is 5.32 Å². The molecule has 1 atom stereocenters. The molecule has 0 radical (unpaired) electrons. The molecule has 2 N–H and O–H groups in total. The summed E-state index contributed by atoms with van der Waals surface area (Å²) in [5, 5.41) is 10.7. The van der Waals surface area contributed by atoms with E-state index in [-0.39, 0.29) is 17.9 Å². The highest BCUT2D eigenvalue weighted by Gasteiger charge is 2.22. The van der Waals surface area contributed by atoms with E-state index in [1.54, 1.807) is 0 Å². The average molecular weight is 414 g/mol. The molecule has 1 aromatic carbocycles. The molecule has 0 spiro atoms. The van der Waals surface area contributed by atoms with E-state index in [0.29, 0.717) is 21.7 Å². The van der Waals surface area contributed by atoms with E-state index in [9.17, 15) is 4.79 Å². The second kappa shape index (κ2) is 8.14. The summed E-state index contributed by atoms with van der Waals surface area (Å²) in [6.07, 6.45) is 0. The maximum absolute atomic E-state index is 12.5. The van der Waals surface area contributed by atoms with Crippen LogP contribution in [-0.2, 0) is 0 Å². The van der Waals surface area contributed by atoms with Crippen LogP contribution in [-0.4, -0.2) is 41.6 Å². The van der Waals surface area contributed by atoms with E-state index in [1.165, 1.54) is 0 Å². The van der Waals surface area contributed by atoms with Gasteiger partial charge in [-0.3, -0.25) is 9.89 Å². The predicted molar refractivity (Wildman–Crippen MR) is 101 cm³/mol. The predicted octanol–water partition coefficient (Wildman–Crippen LogP) is 3.98. The van der Waals surface area contributed by atoms with Crippen LogP contribution in [0.2, 0.25) is 5.02 Å². The number of likely N-dealkylation sites (N-methyl/N-ethyl adjacent to an activating group) is 1. The number of halogens is 2. The van der Waals surface area contributed by atoms with Gasteiger partial charge in [0.25, 0.3) is 5.91 Å². The molecule has 2 aromatic rings. The molecule has 130 valence electrons. The van der Waals surface area contributed by atoms with Crippen molar-refractivity contribution in [3.8, 4) is 0 Å². The highest BCUT2D eigenvalue weighted by molar-refractivity contribution is 9.10. The fourth-order valence-electron chi connectivity index (χ4n) is 2.46. The van der Waals surface area contributed by atoms with Crippen LogP contribution in [0.1, 0.15) is 47.6 Å². The molecule has 1 unspecified atom stereocenters. The van der Waals surface area contributed by atoms with Gasteiger partial charge in [0.15, 0.2) is 5.69 Å². The van der Waals surface area contributed by atoms with Crippen molar-refractivity contribution in [1.29, 1.82) is 0 Å². The number of hydrogen-bond donors (Lipinski definition) is 2. The Kier molecular flexibility index (Phi) is 6.43. The molecule has 1 amide bonds. The van der Waals surface area contributed by atoms with Crippen molar-refractivity contribution in [3.63, 3.8) is 0 Å². The lowest BCUT2D eigenvalue weighted by atomic mass is 10.1. The van der Waals surface area contributed by atoms with Crippen molar-refractivity contribution in [2.24, 2.45) is 0 Å². The lowest BCUT2D eigenvalue weighted by Gasteiger charge is -2.25. The number of carbonyl (C=O) groups is 1. The molecule has 5 nitrogen and oxygen atoms in total. The number of nitrogens with zero attached hydrogens (tertiary/aromatic N) is 2. The van der Waals surface area contributed by atoms with Gasteiger partial charge in [-0.2, -0.15) is 5.10 Å². The third-order valence-electron chi connectivity index (χ3n) is 3.87. The third kappa shape index (κ3) is 4.18. The van der Waals surface area contributed by atoms with Crippen LogP contribution in [0, 0.1) is 0 Å². The molecule has 0 aliphatic carbocycles. The van der Waals surface area contributed by atoms with Crippen molar-refractivity contribution >= 4 is 33.4 Å². The normalized spacial score (nSPS) is 12.7. The Morgan fingerprint density at radius 1 is 1.38 bits per heavy atom. The number of amides is 1. The summed E-state index contributed by atoms with van der Waals surface area (Å²) in [6.45, 7) is 4.52. The Bertz CT molecular complexity index is 714. The maximum atomic E-state index is 12.5. The van der Waals surface area contributed by atoms with Crippen molar-refractivity contribution in [2.45, 2.75) is 25.8 Å². The number of aromatic amines is 1. The first kappa shape index (κ1) is 19.0. The monoisotopic (exact) mass is 412 g/mol. The zero-order chi connectivity index (χ0) is 17.9. The van der Waals surface area contributed by atoms with E-state index in [2.05, 4.69) is 31.4 Å². The summed E-state index contributed by atoms with van der Waals surface area (Å²) < 4.78 is 0.717. The number of rotatable bonds is 6. The highest BCUT2D eigenvalue weighted by atomic mass is 79.9. The molecule has 24 heavy (non-hydrogen) atoms. The molecule has 0 fully saturated rings. The van der Waals surface area contributed by atoms with Gasteiger partial charge >= 0.3 is 0 Å². The molecule has 0 saturated carbocycles. The second-order valence-electron chi connectivity index (χ2n) is 6.17. The summed E-state index contributed by atoms with van der Waals surface area (Å²) >= 11 is 9.75. The lowest BCUT2D eigenvalue weighted by Crippen LogP contribution is -2.35. The first-order chi connectivity index (χ1) is 11.3. The van der Waals surface area contributed by atoms with Crippen LogP contribution in [0.15, 0.2) is 28.7 Å². The van der Waals surface area contributed by atoms with Crippen LogP contribution in [0.3, 0.4) is 0 Å². The van der Waals surface area contributed by atoms with Crippen LogP contribution in [0.5, 0.6) is 0 Å². The number of H-pyrrole nitrogens is 1. The first-order valence-electron chi connectivity index (χ1n) is 7.75. The molecule has 0 saturated heterocycles. The zero-order valence-corrected chi connectivity index (χ0v) is 16.6. The van der Waals surface area contributed by atoms with Crippen molar-refractivity contribution in [3.05, 3.63) is 50.7 Å². The Labute approximate surface area is 155 Å². The van der Waals surface area contributed by atoms with Gasteiger partial charge in [-0.1, -0.05) is 43.6 Å². The summed E-state index contributed by atoms with van der Waals surface area (Å²) in [6, 6.07) is 7.64. The number of carbonyl (C=O) groups excluding carboxylic acids is 1. The van der Waals surface area contributed by atoms with E-state index in [0.717, 1.165) is 11.3 Å². The standard InChI is InChI=1S/C17H22BrClN4O/c1-10(2)15-14(18)16(22-21-15)17(24)20-9-13(23(3)4)11-7-5-6-8-12(11)19/h5-8,10,13H,9H2,1-4H3,(H,20,24)(H,21,22). The number of hydrogen-bond acceptors (Lipinski definition) is 3. The molecule has 0 bridgehead atoms. The third-order valence-corrected chi connectivity index (χ3v) is 5.02. The van der Waals surface area contributed by atoms with Gasteiger partial charge in [0, 0.05) is 11.6 Å². The molecule has 1 heterocycles. The number of aromatic nitrogens is 2. The number of nitrogens with one attached hydrogen (secondary N) is 2. The number of benzene rings is 1. The van der Waals surface area contributed by atoms with Crippen LogP contribution in [0.25, 0.3) is 0 Å². The Hall–Kier alpha value is -1.37. The van der Waals surface area contributed by atoms with Crippen LogP contribution in [0.4, 0.5) is 0 Å². The van der Waals surface area contributed by atoms with E-state index >= 15 is 0 Å². The Morgan fingerprint density at radius 2 is 2.04 bits per heavy atom. The van der Waals surface area contributed by atoms with Crippen molar-refractivity contribution in [2.75, 3.05) is 20.6 Å². The Morgan fingerprint density at radius 3 is 2.58 bits per heavy atom. The van der Waals surface area contributed by atoms with Crippen molar-refractivity contribution < 1.29 is 4.79 Å². The second-order valence-corrected chi connectivity index (χ2v) is 7.37. The molecule has 1 aromatic heterocycles. The minimum absolute atomic E-state index is 0.0232. The quantitative estimate of drug-likeness (QED) is 0.753. The summed E-state index contributed by atoms with van der Waals surface area (Å²) in [7, 11) is 3.92. The maximum Gasteiger partial charge on any atom is 0.273 e. The first-order valence-corrected chi connectivity index (χ1v) is 8.92. The minimum atomic E-state index is -0.219.